The first-order valence-corrected chi connectivity index (χ1v) is 10.6. The Morgan fingerprint density at radius 2 is 1.94 bits per heavy atom. The second kappa shape index (κ2) is 11.0. The highest BCUT2D eigenvalue weighted by Crippen LogP contribution is 2.34. The molecule has 0 aliphatic rings. The smallest absolute Gasteiger partial charge is 0.417 e. The van der Waals surface area contributed by atoms with Crippen molar-refractivity contribution in [2.45, 2.75) is 19.7 Å². The third-order valence-electron chi connectivity index (χ3n) is 4.35. The summed E-state index contributed by atoms with van der Waals surface area (Å²) in [5, 5.41) is 15.0. The van der Waals surface area contributed by atoms with Crippen molar-refractivity contribution in [1.29, 1.82) is 0 Å². The van der Waals surface area contributed by atoms with E-state index in [0.717, 1.165) is 6.07 Å². The maximum absolute atomic E-state index is 12.6. The fourth-order valence-electron chi connectivity index (χ4n) is 2.75. The van der Waals surface area contributed by atoms with E-state index >= 15 is 0 Å². The van der Waals surface area contributed by atoms with Gasteiger partial charge in [-0.05, 0) is 52.7 Å². The highest BCUT2D eigenvalue weighted by molar-refractivity contribution is 9.10. The van der Waals surface area contributed by atoms with Gasteiger partial charge in [0.1, 0.15) is 12.4 Å². The van der Waals surface area contributed by atoms with E-state index in [0.29, 0.717) is 39.9 Å². The predicted molar refractivity (Wildman–Crippen MR) is 123 cm³/mol. The van der Waals surface area contributed by atoms with Crippen molar-refractivity contribution >= 4 is 33.6 Å². The number of benzene rings is 2. The topological polar surface area (TPSA) is 98.9 Å². The van der Waals surface area contributed by atoms with Crippen LogP contribution in [-0.2, 0) is 12.8 Å². The number of nitrogens with one attached hydrogen (secondary N) is 1. The molecule has 1 heterocycles. The number of nitrogens with zero attached hydrogens (tertiary/aromatic N) is 3. The van der Waals surface area contributed by atoms with Gasteiger partial charge in [-0.1, -0.05) is 12.1 Å². The highest BCUT2D eigenvalue weighted by atomic mass is 79.9. The second-order valence-corrected chi connectivity index (χ2v) is 7.62. The minimum Gasteiger partial charge on any atom is -0.490 e. The van der Waals surface area contributed by atoms with Gasteiger partial charge in [0.15, 0.2) is 11.5 Å². The van der Waals surface area contributed by atoms with Gasteiger partial charge in [-0.3, -0.25) is 15.5 Å². The summed E-state index contributed by atoms with van der Waals surface area (Å²) in [4.78, 5) is 14.2. The molecule has 0 unspecified atom stereocenters. The Morgan fingerprint density at radius 3 is 2.59 bits per heavy atom. The molecule has 34 heavy (non-hydrogen) atoms. The SMILES string of the molecule is CCOc1cc(/C=N\Nc2ccc(C(F)(F)F)cn2)c(Br)cc1OCc1cccc([N+](=O)[O-])c1. The van der Waals surface area contributed by atoms with Gasteiger partial charge in [-0.2, -0.15) is 18.3 Å². The number of anilines is 1. The van der Waals surface area contributed by atoms with E-state index in [-0.39, 0.29) is 18.1 Å². The Kier molecular flexibility index (Phi) is 8.05. The second-order valence-electron chi connectivity index (χ2n) is 6.77. The molecule has 0 saturated heterocycles. The summed E-state index contributed by atoms with van der Waals surface area (Å²) in [5.74, 6) is 0.974. The molecular weight excluding hydrogens is 521 g/mol. The molecule has 0 radical (unpaired) electrons. The third kappa shape index (κ3) is 6.67. The molecule has 0 amide bonds. The van der Waals surface area contributed by atoms with Gasteiger partial charge in [0.05, 0.1) is 23.3 Å². The molecule has 1 N–H and O–H groups in total. The number of alkyl halides is 3. The number of hydrogen-bond donors (Lipinski definition) is 1. The van der Waals surface area contributed by atoms with E-state index in [4.69, 9.17) is 9.47 Å². The number of ether oxygens (including phenoxy) is 2. The Morgan fingerprint density at radius 1 is 1.18 bits per heavy atom. The summed E-state index contributed by atoms with van der Waals surface area (Å²) < 4.78 is 49.9. The summed E-state index contributed by atoms with van der Waals surface area (Å²) >= 11 is 3.42. The van der Waals surface area contributed by atoms with Gasteiger partial charge < -0.3 is 9.47 Å². The van der Waals surface area contributed by atoms with Crippen molar-refractivity contribution in [2.75, 3.05) is 12.0 Å². The lowest BCUT2D eigenvalue weighted by atomic mass is 10.2. The number of nitro groups is 1. The van der Waals surface area contributed by atoms with E-state index in [1.165, 1.54) is 24.4 Å². The van der Waals surface area contributed by atoms with Crippen LogP contribution in [0.5, 0.6) is 11.5 Å². The van der Waals surface area contributed by atoms with Crippen LogP contribution in [0.3, 0.4) is 0 Å². The third-order valence-corrected chi connectivity index (χ3v) is 5.04. The number of pyridine rings is 1. The minimum absolute atomic E-state index is 0.0334. The molecular formula is C22H18BrF3N4O4. The molecule has 0 spiro atoms. The molecule has 0 aliphatic heterocycles. The summed E-state index contributed by atoms with van der Waals surface area (Å²) in [5.41, 5.74) is 2.90. The zero-order valence-corrected chi connectivity index (χ0v) is 19.3. The van der Waals surface area contributed by atoms with E-state index in [1.807, 2.05) is 0 Å². The lowest BCUT2D eigenvalue weighted by molar-refractivity contribution is -0.384. The highest BCUT2D eigenvalue weighted by Gasteiger charge is 2.30. The Bertz CT molecular complexity index is 1190. The van der Waals surface area contributed by atoms with Crippen LogP contribution in [0.15, 0.2) is 64.3 Å². The van der Waals surface area contributed by atoms with E-state index in [2.05, 4.69) is 31.4 Å². The number of halogens is 4. The summed E-state index contributed by atoms with van der Waals surface area (Å²) in [6, 6.07) is 11.5. The molecule has 0 fully saturated rings. The fourth-order valence-corrected chi connectivity index (χ4v) is 3.17. The average molecular weight is 539 g/mol. The van der Waals surface area contributed by atoms with E-state index in [9.17, 15) is 23.3 Å². The standard InChI is InChI=1S/C22H18BrF3N4O4/c1-2-33-19-9-15(11-28-29-21-7-6-16(12-27-21)22(24,25)26)18(23)10-20(19)34-13-14-4-3-5-17(8-14)30(31)32/h3-12H,2,13H2,1H3,(H,27,29)/b28-11-. The number of non-ortho nitro benzene ring substituents is 1. The number of nitro benzene ring substituents is 1. The van der Waals surface area contributed by atoms with Crippen LogP contribution in [0.4, 0.5) is 24.7 Å². The van der Waals surface area contributed by atoms with Crippen LogP contribution in [0.2, 0.25) is 0 Å². The predicted octanol–water partition coefficient (Wildman–Crippen LogP) is 6.19. The lowest BCUT2D eigenvalue weighted by Crippen LogP contribution is -2.05. The first-order chi connectivity index (χ1) is 16.2. The van der Waals surface area contributed by atoms with Gasteiger partial charge in [0, 0.05) is 28.4 Å². The molecule has 0 bridgehead atoms. The van der Waals surface area contributed by atoms with Gasteiger partial charge in [-0.25, -0.2) is 4.98 Å². The molecule has 3 rings (SSSR count). The van der Waals surface area contributed by atoms with Crippen molar-refractivity contribution in [3.05, 3.63) is 86.0 Å². The lowest BCUT2D eigenvalue weighted by Gasteiger charge is -2.14. The Balaban J connectivity index is 1.72. The molecule has 0 atom stereocenters. The molecule has 3 aromatic rings. The van der Waals surface area contributed by atoms with Crippen LogP contribution < -0.4 is 14.9 Å². The fraction of sp³-hybridized carbons (Fsp3) is 0.182. The zero-order chi connectivity index (χ0) is 24.7. The Hall–Kier alpha value is -3.67. The number of aromatic nitrogens is 1. The average Bonchev–Trinajstić information content (AvgIpc) is 2.80. The summed E-state index contributed by atoms with van der Waals surface area (Å²) in [6.07, 6.45) is -2.31. The normalized spacial score (nSPS) is 11.4. The largest absolute Gasteiger partial charge is 0.490 e. The first-order valence-electron chi connectivity index (χ1n) is 9.82. The van der Waals surface area contributed by atoms with Crippen molar-refractivity contribution in [2.24, 2.45) is 5.10 Å². The number of rotatable bonds is 9. The molecule has 0 aliphatic carbocycles. The molecule has 8 nitrogen and oxygen atoms in total. The molecule has 0 saturated carbocycles. The van der Waals surface area contributed by atoms with Gasteiger partial charge >= 0.3 is 6.18 Å². The first kappa shape index (κ1) is 25.0. The van der Waals surface area contributed by atoms with E-state index < -0.39 is 16.7 Å². The molecule has 2 aromatic carbocycles. The molecule has 178 valence electrons. The Labute approximate surface area is 200 Å². The van der Waals surface area contributed by atoms with E-state index in [1.54, 1.807) is 31.2 Å². The maximum atomic E-state index is 12.6. The number of hydrazone groups is 1. The van der Waals surface area contributed by atoms with Crippen molar-refractivity contribution in [3.8, 4) is 11.5 Å². The van der Waals surface area contributed by atoms with Crippen LogP contribution in [0, 0.1) is 10.1 Å². The summed E-state index contributed by atoms with van der Waals surface area (Å²) in [6.45, 7) is 2.25. The maximum Gasteiger partial charge on any atom is 0.417 e. The van der Waals surface area contributed by atoms with Crippen LogP contribution >= 0.6 is 15.9 Å². The quantitative estimate of drug-likeness (QED) is 0.198. The van der Waals surface area contributed by atoms with Crippen LogP contribution in [0.25, 0.3) is 0 Å². The number of hydrogen-bond acceptors (Lipinski definition) is 7. The summed E-state index contributed by atoms with van der Waals surface area (Å²) in [7, 11) is 0. The van der Waals surface area contributed by atoms with Crippen molar-refractivity contribution < 1.29 is 27.6 Å². The van der Waals surface area contributed by atoms with Crippen molar-refractivity contribution in [3.63, 3.8) is 0 Å². The molecule has 12 heteroatoms. The van der Waals surface area contributed by atoms with Gasteiger partial charge in [0.25, 0.3) is 5.69 Å². The zero-order valence-electron chi connectivity index (χ0n) is 17.7. The molecule has 1 aromatic heterocycles. The monoisotopic (exact) mass is 538 g/mol. The van der Waals surface area contributed by atoms with Crippen LogP contribution in [-0.4, -0.2) is 22.7 Å². The minimum atomic E-state index is -4.46. The van der Waals surface area contributed by atoms with Crippen LogP contribution in [0.1, 0.15) is 23.6 Å². The van der Waals surface area contributed by atoms with Crippen molar-refractivity contribution in [1.82, 2.24) is 4.98 Å². The van der Waals surface area contributed by atoms with Gasteiger partial charge in [-0.15, -0.1) is 0 Å². The van der Waals surface area contributed by atoms with Gasteiger partial charge in [0.2, 0.25) is 0 Å².